The molecular formula is C13H20N2O2S2. The highest BCUT2D eigenvalue weighted by Crippen LogP contribution is 2.31. The molecule has 1 atom stereocenters. The summed E-state index contributed by atoms with van der Waals surface area (Å²) in [6, 6.07) is 8.91. The van der Waals surface area contributed by atoms with Crippen LogP contribution in [0.25, 0.3) is 0 Å². The van der Waals surface area contributed by atoms with Crippen molar-refractivity contribution in [2.24, 2.45) is 0 Å². The highest BCUT2D eigenvalue weighted by Gasteiger charge is 2.18. The standard InChI is InChI=1S/C13H20N2O2S2/c1-19(16,17)15-8-4-7-14-13-10-18-9-11-5-2-3-6-12(11)13/h2-3,5-6,13-15H,4,7-10H2,1H3. The second-order valence-corrected chi connectivity index (χ2v) is 7.60. The highest BCUT2D eigenvalue weighted by molar-refractivity contribution is 7.98. The molecule has 2 N–H and O–H groups in total. The van der Waals surface area contributed by atoms with Crippen molar-refractivity contribution in [3.63, 3.8) is 0 Å². The molecule has 0 radical (unpaired) electrons. The van der Waals surface area contributed by atoms with Crippen LogP contribution in [0, 0.1) is 0 Å². The normalized spacial score (nSPS) is 19.1. The Morgan fingerprint density at radius 1 is 1.32 bits per heavy atom. The van der Waals surface area contributed by atoms with Crippen LogP contribution in [0.2, 0.25) is 0 Å². The molecule has 0 aliphatic carbocycles. The minimum Gasteiger partial charge on any atom is -0.309 e. The summed E-state index contributed by atoms with van der Waals surface area (Å²) in [7, 11) is -3.06. The van der Waals surface area contributed by atoms with Crippen molar-refractivity contribution in [3.8, 4) is 0 Å². The monoisotopic (exact) mass is 300 g/mol. The molecule has 1 heterocycles. The zero-order valence-electron chi connectivity index (χ0n) is 11.1. The summed E-state index contributed by atoms with van der Waals surface area (Å²) in [5, 5.41) is 3.51. The van der Waals surface area contributed by atoms with Crippen LogP contribution in [-0.4, -0.2) is 33.5 Å². The van der Waals surface area contributed by atoms with E-state index in [1.807, 2.05) is 11.8 Å². The van der Waals surface area contributed by atoms with E-state index >= 15 is 0 Å². The Bertz CT molecular complexity index is 517. The van der Waals surface area contributed by atoms with Gasteiger partial charge in [-0.3, -0.25) is 0 Å². The summed E-state index contributed by atoms with van der Waals surface area (Å²) >= 11 is 1.94. The Labute approximate surface area is 119 Å². The quantitative estimate of drug-likeness (QED) is 0.782. The topological polar surface area (TPSA) is 58.2 Å². The van der Waals surface area contributed by atoms with E-state index in [9.17, 15) is 8.42 Å². The van der Waals surface area contributed by atoms with Gasteiger partial charge in [0.2, 0.25) is 10.0 Å². The molecule has 1 aromatic rings. The smallest absolute Gasteiger partial charge is 0.208 e. The molecule has 2 rings (SSSR count). The van der Waals surface area contributed by atoms with Crippen LogP contribution >= 0.6 is 11.8 Å². The largest absolute Gasteiger partial charge is 0.309 e. The molecule has 19 heavy (non-hydrogen) atoms. The molecule has 0 saturated carbocycles. The van der Waals surface area contributed by atoms with E-state index in [-0.39, 0.29) is 0 Å². The average Bonchev–Trinajstić information content (AvgIpc) is 2.37. The van der Waals surface area contributed by atoms with Gasteiger partial charge in [-0.2, -0.15) is 11.8 Å². The third kappa shape index (κ3) is 4.80. The Morgan fingerprint density at radius 2 is 2.11 bits per heavy atom. The van der Waals surface area contributed by atoms with Gasteiger partial charge in [-0.1, -0.05) is 24.3 Å². The third-order valence-corrected chi connectivity index (χ3v) is 4.89. The minimum absolute atomic E-state index is 0.383. The van der Waals surface area contributed by atoms with Crippen LogP contribution in [0.1, 0.15) is 23.6 Å². The molecule has 0 aromatic heterocycles. The summed E-state index contributed by atoms with van der Waals surface area (Å²) in [5.74, 6) is 2.17. The first kappa shape index (κ1) is 14.8. The number of hydrogen-bond donors (Lipinski definition) is 2. The minimum atomic E-state index is -3.06. The fraction of sp³-hybridized carbons (Fsp3) is 0.538. The molecule has 0 saturated heterocycles. The van der Waals surface area contributed by atoms with Crippen molar-refractivity contribution >= 4 is 21.8 Å². The molecule has 1 aliphatic heterocycles. The second kappa shape index (κ2) is 6.74. The van der Waals surface area contributed by atoms with Gasteiger partial charge in [0, 0.05) is 24.1 Å². The number of sulfonamides is 1. The molecule has 1 aromatic carbocycles. The zero-order valence-corrected chi connectivity index (χ0v) is 12.7. The molecule has 0 amide bonds. The highest BCUT2D eigenvalue weighted by atomic mass is 32.2. The lowest BCUT2D eigenvalue weighted by Gasteiger charge is -2.26. The molecular weight excluding hydrogens is 280 g/mol. The predicted molar refractivity (Wildman–Crippen MR) is 80.8 cm³/mol. The summed E-state index contributed by atoms with van der Waals surface area (Å²) in [5.41, 5.74) is 2.79. The summed E-state index contributed by atoms with van der Waals surface area (Å²) in [4.78, 5) is 0. The van der Waals surface area contributed by atoms with E-state index in [0.29, 0.717) is 12.6 Å². The summed E-state index contributed by atoms with van der Waals surface area (Å²) in [6.45, 7) is 1.31. The van der Waals surface area contributed by atoms with Crippen LogP contribution in [0.4, 0.5) is 0 Å². The van der Waals surface area contributed by atoms with Crippen LogP contribution in [-0.2, 0) is 15.8 Å². The van der Waals surface area contributed by atoms with Gasteiger partial charge in [0.15, 0.2) is 0 Å². The Morgan fingerprint density at radius 3 is 2.89 bits per heavy atom. The number of hydrogen-bond acceptors (Lipinski definition) is 4. The van der Waals surface area contributed by atoms with E-state index in [1.54, 1.807) is 0 Å². The number of rotatable bonds is 6. The second-order valence-electron chi connectivity index (χ2n) is 4.74. The third-order valence-electron chi connectivity index (χ3n) is 3.08. The van der Waals surface area contributed by atoms with Gasteiger partial charge in [-0.15, -0.1) is 0 Å². The maximum atomic E-state index is 10.9. The summed E-state index contributed by atoms with van der Waals surface area (Å²) < 4.78 is 24.4. The van der Waals surface area contributed by atoms with Gasteiger partial charge in [0.05, 0.1) is 6.26 Å². The Hall–Kier alpha value is -0.560. The lowest BCUT2D eigenvalue weighted by Crippen LogP contribution is -2.30. The zero-order chi connectivity index (χ0) is 13.7. The first-order chi connectivity index (χ1) is 9.06. The van der Waals surface area contributed by atoms with Gasteiger partial charge < -0.3 is 5.32 Å². The molecule has 6 heteroatoms. The molecule has 0 fully saturated rings. The SMILES string of the molecule is CS(=O)(=O)NCCCNC1CSCc2ccccc21. The van der Waals surface area contributed by atoms with Crippen molar-refractivity contribution in [3.05, 3.63) is 35.4 Å². The van der Waals surface area contributed by atoms with Crippen molar-refractivity contribution in [2.75, 3.05) is 25.1 Å². The first-order valence-corrected chi connectivity index (χ1v) is 9.44. The summed E-state index contributed by atoms with van der Waals surface area (Å²) in [6.07, 6.45) is 1.99. The van der Waals surface area contributed by atoms with Crippen LogP contribution in [0.5, 0.6) is 0 Å². The molecule has 106 valence electrons. The van der Waals surface area contributed by atoms with Crippen molar-refractivity contribution in [2.45, 2.75) is 18.2 Å². The molecule has 0 spiro atoms. The van der Waals surface area contributed by atoms with E-state index in [4.69, 9.17) is 0 Å². The number of nitrogens with one attached hydrogen (secondary N) is 2. The maximum absolute atomic E-state index is 10.9. The first-order valence-electron chi connectivity index (χ1n) is 6.40. The number of benzene rings is 1. The molecule has 1 unspecified atom stereocenters. The molecule has 4 nitrogen and oxygen atoms in total. The Balaban J connectivity index is 1.78. The van der Waals surface area contributed by atoms with Crippen molar-refractivity contribution in [1.82, 2.24) is 10.0 Å². The average molecular weight is 300 g/mol. The fourth-order valence-corrected chi connectivity index (χ4v) is 3.82. The number of thioether (sulfide) groups is 1. The lowest BCUT2D eigenvalue weighted by molar-refractivity contribution is 0.549. The molecule has 1 aliphatic rings. The van der Waals surface area contributed by atoms with Crippen LogP contribution < -0.4 is 10.0 Å². The number of fused-ring (bicyclic) bond motifs is 1. The fourth-order valence-electron chi connectivity index (χ4n) is 2.17. The van der Waals surface area contributed by atoms with Crippen molar-refractivity contribution in [1.29, 1.82) is 0 Å². The van der Waals surface area contributed by atoms with Gasteiger partial charge in [-0.25, -0.2) is 13.1 Å². The Kier molecular flexibility index (Phi) is 5.27. The predicted octanol–water partition coefficient (Wildman–Crippen LogP) is 1.50. The van der Waals surface area contributed by atoms with E-state index in [2.05, 4.69) is 34.3 Å². The van der Waals surface area contributed by atoms with Gasteiger partial charge >= 0.3 is 0 Å². The van der Waals surface area contributed by atoms with Gasteiger partial charge in [0.1, 0.15) is 0 Å². The lowest BCUT2D eigenvalue weighted by atomic mass is 10.0. The van der Waals surface area contributed by atoms with E-state index in [0.717, 1.165) is 24.5 Å². The van der Waals surface area contributed by atoms with E-state index < -0.39 is 10.0 Å². The molecule has 0 bridgehead atoms. The van der Waals surface area contributed by atoms with Crippen LogP contribution in [0.3, 0.4) is 0 Å². The van der Waals surface area contributed by atoms with Crippen molar-refractivity contribution < 1.29 is 8.42 Å². The maximum Gasteiger partial charge on any atom is 0.208 e. The van der Waals surface area contributed by atoms with Gasteiger partial charge in [-0.05, 0) is 24.1 Å². The van der Waals surface area contributed by atoms with Crippen LogP contribution in [0.15, 0.2) is 24.3 Å². The van der Waals surface area contributed by atoms with E-state index in [1.165, 1.54) is 17.4 Å². The van der Waals surface area contributed by atoms with Gasteiger partial charge in [0.25, 0.3) is 0 Å².